The van der Waals surface area contributed by atoms with Crippen LogP contribution in [0, 0.1) is 5.41 Å². The smallest absolute Gasteiger partial charge is 0.0485 e. The van der Waals surface area contributed by atoms with Crippen LogP contribution in [-0.2, 0) is 0 Å². The minimum atomic E-state index is 0.234. The third-order valence-electron chi connectivity index (χ3n) is 5.34. The summed E-state index contributed by atoms with van der Waals surface area (Å²) < 4.78 is 1.02. The van der Waals surface area contributed by atoms with Gasteiger partial charge in [0, 0.05) is 22.1 Å². The highest BCUT2D eigenvalue weighted by Gasteiger charge is 2.34. The number of nitrogens with two attached hydrogens (primary N) is 1. The van der Waals surface area contributed by atoms with Gasteiger partial charge in [-0.1, -0.05) is 60.3 Å². The van der Waals surface area contributed by atoms with E-state index in [0.29, 0.717) is 12.0 Å². The van der Waals surface area contributed by atoms with Crippen molar-refractivity contribution >= 4 is 27.5 Å². The number of rotatable bonds is 5. The van der Waals surface area contributed by atoms with Gasteiger partial charge in [0.25, 0.3) is 0 Å². The molecule has 0 aromatic heterocycles. The molecule has 1 fully saturated rings. The Bertz CT molecular complexity index is 464. The predicted octanol–water partition coefficient (Wildman–Crippen LogP) is 5.00. The molecule has 0 radical (unpaired) electrons. The summed E-state index contributed by atoms with van der Waals surface area (Å²) in [5.41, 5.74) is 7.76. The van der Waals surface area contributed by atoms with Crippen LogP contribution < -0.4 is 5.73 Å². The lowest BCUT2D eigenvalue weighted by atomic mass is 9.74. The summed E-state index contributed by atoms with van der Waals surface area (Å²) in [5.74, 6) is 0. The molecule has 2 rings (SSSR count). The second kappa shape index (κ2) is 7.45. The van der Waals surface area contributed by atoms with Crippen molar-refractivity contribution in [2.75, 3.05) is 19.6 Å². The molecular weight excluding hydrogens is 348 g/mol. The van der Waals surface area contributed by atoms with Gasteiger partial charge in [-0.25, -0.2) is 0 Å². The van der Waals surface area contributed by atoms with Gasteiger partial charge in [0.15, 0.2) is 0 Å². The highest BCUT2D eigenvalue weighted by molar-refractivity contribution is 9.10. The molecule has 0 saturated carbocycles. The molecule has 1 aromatic rings. The van der Waals surface area contributed by atoms with E-state index in [4.69, 9.17) is 17.3 Å². The van der Waals surface area contributed by atoms with Gasteiger partial charge in [0.1, 0.15) is 0 Å². The fourth-order valence-corrected chi connectivity index (χ4v) is 4.31. The van der Waals surface area contributed by atoms with Gasteiger partial charge in [-0.3, -0.25) is 4.90 Å². The molecule has 118 valence electrons. The van der Waals surface area contributed by atoms with Gasteiger partial charge >= 0.3 is 0 Å². The summed E-state index contributed by atoms with van der Waals surface area (Å²) in [6, 6.07) is 6.35. The fraction of sp³-hybridized carbons (Fsp3) is 0.647. The predicted molar refractivity (Wildman–Crippen MR) is 94.8 cm³/mol. The first kappa shape index (κ1) is 17.3. The van der Waals surface area contributed by atoms with Crippen molar-refractivity contribution in [1.29, 1.82) is 0 Å². The zero-order valence-corrected chi connectivity index (χ0v) is 15.4. The van der Waals surface area contributed by atoms with Crippen molar-refractivity contribution in [2.24, 2.45) is 11.1 Å². The molecule has 21 heavy (non-hydrogen) atoms. The van der Waals surface area contributed by atoms with Gasteiger partial charge in [0.2, 0.25) is 0 Å². The van der Waals surface area contributed by atoms with Crippen LogP contribution in [0.4, 0.5) is 0 Å². The highest BCUT2D eigenvalue weighted by Crippen LogP contribution is 2.40. The first-order valence-corrected chi connectivity index (χ1v) is 9.11. The van der Waals surface area contributed by atoms with Gasteiger partial charge in [0.05, 0.1) is 0 Å². The van der Waals surface area contributed by atoms with Crippen molar-refractivity contribution in [3.8, 4) is 0 Å². The average molecular weight is 374 g/mol. The minimum Gasteiger partial charge on any atom is -0.329 e. The third kappa shape index (κ3) is 3.82. The Kier molecular flexibility index (Phi) is 6.13. The van der Waals surface area contributed by atoms with E-state index < -0.39 is 0 Å². The first-order chi connectivity index (χ1) is 10.0. The van der Waals surface area contributed by atoms with Crippen LogP contribution in [-0.4, -0.2) is 24.5 Å². The van der Waals surface area contributed by atoms with Gasteiger partial charge < -0.3 is 5.73 Å². The first-order valence-electron chi connectivity index (χ1n) is 7.94. The van der Waals surface area contributed by atoms with Gasteiger partial charge in [-0.2, -0.15) is 0 Å². The quantitative estimate of drug-likeness (QED) is 0.786. The second-order valence-electron chi connectivity index (χ2n) is 6.16. The number of halogens is 2. The van der Waals surface area contributed by atoms with E-state index in [1.54, 1.807) is 0 Å². The normalized spacial score (nSPS) is 20.4. The van der Waals surface area contributed by atoms with Crippen molar-refractivity contribution in [3.05, 3.63) is 33.3 Å². The lowest BCUT2D eigenvalue weighted by molar-refractivity contribution is 0.0680. The van der Waals surface area contributed by atoms with E-state index in [-0.39, 0.29) is 6.04 Å². The van der Waals surface area contributed by atoms with Crippen LogP contribution in [0.1, 0.15) is 51.1 Å². The zero-order chi connectivity index (χ0) is 15.5. The van der Waals surface area contributed by atoms with Crippen LogP contribution in [0.2, 0.25) is 5.02 Å². The third-order valence-corrected chi connectivity index (χ3v) is 6.16. The van der Waals surface area contributed by atoms with Crippen LogP contribution >= 0.6 is 27.5 Å². The maximum absolute atomic E-state index is 6.42. The molecule has 1 aliphatic heterocycles. The SMILES string of the molecule is CCC1(CC)CCN(C(CN)c2ccc(Br)cc2Cl)CC1. The summed E-state index contributed by atoms with van der Waals surface area (Å²) >= 11 is 9.89. The van der Waals surface area contributed by atoms with Crippen LogP contribution in [0.25, 0.3) is 0 Å². The fourth-order valence-electron chi connectivity index (χ4n) is 3.51. The summed E-state index contributed by atoms with van der Waals surface area (Å²) in [7, 11) is 0. The molecule has 4 heteroatoms. The molecule has 1 saturated heterocycles. The van der Waals surface area contributed by atoms with E-state index in [1.165, 1.54) is 25.7 Å². The summed E-state index contributed by atoms with van der Waals surface area (Å²) in [4.78, 5) is 2.51. The molecule has 1 heterocycles. The Hall–Kier alpha value is -0.0900. The zero-order valence-electron chi connectivity index (χ0n) is 13.0. The van der Waals surface area contributed by atoms with E-state index in [0.717, 1.165) is 28.1 Å². The van der Waals surface area contributed by atoms with E-state index in [2.05, 4.69) is 46.8 Å². The van der Waals surface area contributed by atoms with Crippen molar-refractivity contribution < 1.29 is 0 Å². The molecule has 2 nitrogen and oxygen atoms in total. The number of likely N-dealkylation sites (tertiary alicyclic amines) is 1. The maximum Gasteiger partial charge on any atom is 0.0485 e. The Morgan fingerprint density at radius 1 is 1.29 bits per heavy atom. The second-order valence-corrected chi connectivity index (χ2v) is 7.48. The number of piperidine rings is 1. The highest BCUT2D eigenvalue weighted by atomic mass is 79.9. The summed E-state index contributed by atoms with van der Waals surface area (Å²) in [6.07, 6.45) is 5.10. The Balaban J connectivity index is 2.13. The van der Waals surface area contributed by atoms with Crippen LogP contribution in [0.3, 0.4) is 0 Å². The van der Waals surface area contributed by atoms with Crippen LogP contribution in [0.5, 0.6) is 0 Å². The van der Waals surface area contributed by atoms with E-state index in [9.17, 15) is 0 Å². The van der Waals surface area contributed by atoms with Crippen LogP contribution in [0.15, 0.2) is 22.7 Å². The molecule has 0 amide bonds. The lowest BCUT2D eigenvalue weighted by Gasteiger charge is -2.44. The number of hydrogen-bond acceptors (Lipinski definition) is 2. The van der Waals surface area contributed by atoms with Crippen molar-refractivity contribution in [1.82, 2.24) is 4.90 Å². The van der Waals surface area contributed by atoms with E-state index in [1.807, 2.05) is 6.07 Å². The topological polar surface area (TPSA) is 29.3 Å². The summed E-state index contributed by atoms with van der Waals surface area (Å²) in [5, 5.41) is 0.808. The number of benzene rings is 1. The number of nitrogens with zero attached hydrogens (tertiary/aromatic N) is 1. The summed E-state index contributed by atoms with van der Waals surface area (Å²) in [6.45, 7) is 7.51. The minimum absolute atomic E-state index is 0.234. The molecule has 0 bridgehead atoms. The van der Waals surface area contributed by atoms with E-state index >= 15 is 0 Å². The lowest BCUT2D eigenvalue weighted by Crippen LogP contribution is -2.43. The van der Waals surface area contributed by atoms with Gasteiger partial charge in [-0.05, 0) is 49.0 Å². The molecule has 1 aliphatic rings. The molecule has 2 N–H and O–H groups in total. The van der Waals surface area contributed by atoms with Crippen molar-refractivity contribution in [3.63, 3.8) is 0 Å². The largest absolute Gasteiger partial charge is 0.329 e. The average Bonchev–Trinajstić information content (AvgIpc) is 2.51. The standard InChI is InChI=1S/C17H26BrClN2/c1-3-17(4-2)7-9-21(10-8-17)16(12-20)14-6-5-13(18)11-15(14)19/h5-6,11,16H,3-4,7-10,12,20H2,1-2H3. The number of hydrogen-bond donors (Lipinski definition) is 1. The van der Waals surface area contributed by atoms with Gasteiger partial charge in [-0.15, -0.1) is 0 Å². The Labute approximate surface area is 142 Å². The molecule has 0 aliphatic carbocycles. The molecule has 1 aromatic carbocycles. The molecule has 0 spiro atoms. The monoisotopic (exact) mass is 372 g/mol. The maximum atomic E-state index is 6.42. The van der Waals surface area contributed by atoms with Crippen molar-refractivity contribution in [2.45, 2.75) is 45.6 Å². The Morgan fingerprint density at radius 3 is 2.38 bits per heavy atom. The molecule has 1 unspecified atom stereocenters. The Morgan fingerprint density at radius 2 is 1.90 bits per heavy atom. The molecular formula is C17H26BrClN2. The molecule has 1 atom stereocenters.